The van der Waals surface area contributed by atoms with Crippen LogP contribution in [-0.2, 0) is 20.0 Å². The summed E-state index contributed by atoms with van der Waals surface area (Å²) in [5.41, 5.74) is 0. The van der Waals surface area contributed by atoms with E-state index >= 15 is 0 Å². The van der Waals surface area contributed by atoms with E-state index in [-0.39, 0.29) is 28.2 Å². The monoisotopic (exact) mass is 355 g/mol. The standard InChI is InChI=1S/C11H17N3O4S2.ClH/c1-9-8-14(6-5-13-9)20(17,18)11-4-2-3-10(7-11)19(12,15)16;/h2-4,7,9,13H,5-6,8H2,1H3,(H2,12,15,16);1H. The van der Waals surface area contributed by atoms with Crippen molar-refractivity contribution in [1.82, 2.24) is 9.62 Å². The van der Waals surface area contributed by atoms with E-state index in [1.54, 1.807) is 0 Å². The minimum atomic E-state index is -3.92. The molecule has 2 rings (SSSR count). The van der Waals surface area contributed by atoms with Gasteiger partial charge in [-0.05, 0) is 25.1 Å². The number of halogens is 1. The fourth-order valence-corrected chi connectivity index (χ4v) is 4.29. The first-order chi connectivity index (χ1) is 9.21. The normalized spacial score (nSPS) is 20.8. The highest BCUT2D eigenvalue weighted by atomic mass is 35.5. The van der Waals surface area contributed by atoms with Gasteiger partial charge in [0.25, 0.3) is 0 Å². The summed E-state index contributed by atoms with van der Waals surface area (Å²) < 4.78 is 48.9. The molecule has 0 aromatic heterocycles. The first-order valence-corrected chi connectivity index (χ1v) is 9.06. The number of hydrogen-bond donors (Lipinski definition) is 2. The molecule has 1 heterocycles. The van der Waals surface area contributed by atoms with Gasteiger partial charge < -0.3 is 5.32 Å². The van der Waals surface area contributed by atoms with Gasteiger partial charge in [0.2, 0.25) is 20.0 Å². The number of benzene rings is 1. The predicted molar refractivity (Wildman–Crippen MR) is 81.3 cm³/mol. The Morgan fingerprint density at radius 1 is 1.24 bits per heavy atom. The largest absolute Gasteiger partial charge is 0.312 e. The molecule has 0 aliphatic carbocycles. The van der Waals surface area contributed by atoms with Crippen LogP contribution in [-0.4, -0.2) is 46.8 Å². The number of hydrogen-bond acceptors (Lipinski definition) is 5. The lowest BCUT2D eigenvalue weighted by Gasteiger charge is -2.31. The molecule has 1 aromatic carbocycles. The van der Waals surface area contributed by atoms with Crippen LogP contribution >= 0.6 is 12.4 Å². The molecule has 7 nitrogen and oxygen atoms in total. The molecule has 0 bridgehead atoms. The zero-order chi connectivity index (χ0) is 15.0. The van der Waals surface area contributed by atoms with Gasteiger partial charge in [-0.2, -0.15) is 4.31 Å². The maximum atomic E-state index is 12.5. The smallest absolute Gasteiger partial charge is 0.243 e. The highest BCUT2D eigenvalue weighted by Crippen LogP contribution is 2.20. The molecule has 10 heteroatoms. The Bertz CT molecular complexity index is 706. The molecule has 21 heavy (non-hydrogen) atoms. The van der Waals surface area contributed by atoms with Gasteiger partial charge in [0.05, 0.1) is 9.79 Å². The van der Waals surface area contributed by atoms with Gasteiger partial charge in [0, 0.05) is 25.7 Å². The number of nitrogens with one attached hydrogen (secondary N) is 1. The van der Waals surface area contributed by atoms with Crippen LogP contribution < -0.4 is 10.5 Å². The van der Waals surface area contributed by atoms with E-state index in [4.69, 9.17) is 5.14 Å². The van der Waals surface area contributed by atoms with Gasteiger partial charge in [0.15, 0.2) is 0 Å². The molecule has 1 aliphatic rings. The fourth-order valence-electron chi connectivity index (χ4n) is 2.08. The average Bonchev–Trinajstić information content (AvgIpc) is 2.38. The van der Waals surface area contributed by atoms with Gasteiger partial charge in [-0.15, -0.1) is 12.4 Å². The van der Waals surface area contributed by atoms with Gasteiger partial charge in [-0.25, -0.2) is 22.0 Å². The highest BCUT2D eigenvalue weighted by Gasteiger charge is 2.29. The summed E-state index contributed by atoms with van der Waals surface area (Å²) in [5, 5.41) is 8.17. The van der Waals surface area contributed by atoms with Gasteiger partial charge in [-0.1, -0.05) is 6.07 Å². The Labute approximate surface area is 131 Å². The lowest BCUT2D eigenvalue weighted by atomic mass is 10.3. The Hall–Kier alpha value is -0.710. The second kappa shape index (κ2) is 6.59. The summed E-state index contributed by atoms with van der Waals surface area (Å²) >= 11 is 0. The van der Waals surface area contributed by atoms with Crippen LogP contribution in [0.15, 0.2) is 34.1 Å². The molecular formula is C11H18ClN3O4S2. The van der Waals surface area contributed by atoms with Crippen LogP contribution in [0.4, 0.5) is 0 Å². The second-order valence-electron chi connectivity index (χ2n) is 4.74. The first-order valence-electron chi connectivity index (χ1n) is 6.07. The minimum absolute atomic E-state index is 0. The Kier molecular flexibility index (Phi) is 5.76. The topological polar surface area (TPSA) is 110 Å². The molecule has 1 saturated heterocycles. The Morgan fingerprint density at radius 2 is 1.86 bits per heavy atom. The summed E-state index contributed by atoms with van der Waals surface area (Å²) in [5.74, 6) is 0. The van der Waals surface area contributed by atoms with Crippen LogP contribution in [0, 0.1) is 0 Å². The predicted octanol–water partition coefficient (Wildman–Crippen LogP) is -0.262. The van der Waals surface area contributed by atoms with Crippen molar-refractivity contribution >= 4 is 32.5 Å². The van der Waals surface area contributed by atoms with E-state index < -0.39 is 20.0 Å². The molecule has 1 aliphatic heterocycles. The van der Waals surface area contributed by atoms with Crippen LogP contribution in [0.1, 0.15) is 6.92 Å². The van der Waals surface area contributed by atoms with E-state index in [2.05, 4.69) is 5.32 Å². The molecule has 1 atom stereocenters. The molecule has 1 unspecified atom stereocenters. The third kappa shape index (κ3) is 4.15. The van der Waals surface area contributed by atoms with E-state index in [0.29, 0.717) is 19.6 Å². The van der Waals surface area contributed by atoms with Crippen LogP contribution in [0.5, 0.6) is 0 Å². The molecule has 0 amide bonds. The van der Waals surface area contributed by atoms with Crippen molar-refractivity contribution in [3.05, 3.63) is 24.3 Å². The molecule has 0 spiro atoms. The summed E-state index contributed by atoms with van der Waals surface area (Å²) in [6, 6.07) is 5.17. The minimum Gasteiger partial charge on any atom is -0.312 e. The number of nitrogens with two attached hydrogens (primary N) is 1. The van der Waals surface area contributed by atoms with E-state index in [0.717, 1.165) is 6.07 Å². The summed E-state index contributed by atoms with van der Waals surface area (Å²) in [6.07, 6.45) is 0. The van der Waals surface area contributed by atoms with E-state index in [9.17, 15) is 16.8 Å². The number of piperazine rings is 1. The van der Waals surface area contributed by atoms with Crippen LogP contribution in [0.25, 0.3) is 0 Å². The van der Waals surface area contributed by atoms with Crippen molar-refractivity contribution in [3.63, 3.8) is 0 Å². The molecule has 0 radical (unpaired) electrons. The summed E-state index contributed by atoms with van der Waals surface area (Å²) in [6.45, 7) is 3.16. The van der Waals surface area contributed by atoms with Crippen LogP contribution in [0.2, 0.25) is 0 Å². The summed E-state index contributed by atoms with van der Waals surface area (Å²) in [7, 11) is -7.63. The number of primary sulfonamides is 1. The third-order valence-corrected chi connectivity index (χ3v) is 5.88. The van der Waals surface area contributed by atoms with E-state index in [1.165, 1.54) is 22.5 Å². The molecule has 1 aromatic rings. The molecule has 0 saturated carbocycles. The maximum absolute atomic E-state index is 12.5. The number of sulfonamides is 2. The molecule has 1 fully saturated rings. The molecule has 3 N–H and O–H groups in total. The average molecular weight is 356 g/mol. The zero-order valence-electron chi connectivity index (χ0n) is 11.4. The van der Waals surface area contributed by atoms with Crippen LogP contribution in [0.3, 0.4) is 0 Å². The fraction of sp³-hybridized carbons (Fsp3) is 0.455. The summed E-state index contributed by atoms with van der Waals surface area (Å²) in [4.78, 5) is -0.264. The number of rotatable bonds is 3. The van der Waals surface area contributed by atoms with Gasteiger partial charge in [0.1, 0.15) is 0 Å². The third-order valence-electron chi connectivity index (χ3n) is 3.10. The first kappa shape index (κ1) is 18.3. The Morgan fingerprint density at radius 3 is 2.43 bits per heavy atom. The second-order valence-corrected chi connectivity index (χ2v) is 8.24. The van der Waals surface area contributed by atoms with Gasteiger partial charge in [-0.3, -0.25) is 0 Å². The van der Waals surface area contributed by atoms with E-state index in [1.807, 2.05) is 6.92 Å². The lowest BCUT2D eigenvalue weighted by molar-refractivity contribution is 0.310. The van der Waals surface area contributed by atoms with Crippen molar-refractivity contribution in [3.8, 4) is 0 Å². The molecule has 120 valence electrons. The van der Waals surface area contributed by atoms with Crippen molar-refractivity contribution < 1.29 is 16.8 Å². The molecular weight excluding hydrogens is 338 g/mol. The van der Waals surface area contributed by atoms with Crippen molar-refractivity contribution in [1.29, 1.82) is 0 Å². The van der Waals surface area contributed by atoms with Crippen molar-refractivity contribution in [2.75, 3.05) is 19.6 Å². The van der Waals surface area contributed by atoms with Crippen molar-refractivity contribution in [2.24, 2.45) is 5.14 Å². The zero-order valence-corrected chi connectivity index (χ0v) is 13.8. The quantitative estimate of drug-likeness (QED) is 0.776. The SMILES string of the molecule is CC1CN(S(=O)(=O)c2cccc(S(N)(=O)=O)c2)CCN1.Cl. The maximum Gasteiger partial charge on any atom is 0.243 e. The Balaban J connectivity index is 0.00000220. The number of nitrogens with zero attached hydrogens (tertiary/aromatic N) is 1. The lowest BCUT2D eigenvalue weighted by Crippen LogP contribution is -2.51. The van der Waals surface area contributed by atoms with Crippen molar-refractivity contribution in [2.45, 2.75) is 22.8 Å². The highest BCUT2D eigenvalue weighted by molar-refractivity contribution is 7.90. The van der Waals surface area contributed by atoms with Gasteiger partial charge >= 0.3 is 0 Å².